The lowest BCUT2D eigenvalue weighted by atomic mass is 9.86. The zero-order valence-electron chi connectivity index (χ0n) is 30.5. The molecule has 2 aromatic carbocycles. The molecular formula is C40H35ClF6N6O3. The molecule has 3 heterocycles. The molecule has 0 bridgehead atoms. The van der Waals surface area contributed by atoms with Crippen molar-refractivity contribution in [2.24, 2.45) is 13.0 Å². The highest BCUT2D eigenvalue weighted by Crippen LogP contribution is 2.68. The van der Waals surface area contributed by atoms with E-state index in [0.717, 1.165) is 12.1 Å². The number of carbonyl (C=O) groups excluding carboxylic acids is 2. The number of nitrogens with one attached hydrogen (secondary N) is 1. The van der Waals surface area contributed by atoms with Crippen LogP contribution in [0.15, 0.2) is 42.5 Å². The summed E-state index contributed by atoms with van der Waals surface area (Å²) in [6.07, 6.45) is -3.57. The molecule has 7 rings (SSSR count). The molecule has 2 N–H and O–H groups in total. The van der Waals surface area contributed by atoms with E-state index in [4.69, 9.17) is 16.6 Å². The Kier molecular flexibility index (Phi) is 10.0. The first-order valence-electron chi connectivity index (χ1n) is 17.8. The summed E-state index contributed by atoms with van der Waals surface area (Å²) in [5.41, 5.74) is -1.28. The van der Waals surface area contributed by atoms with E-state index < -0.39 is 77.5 Å². The maximum absolute atomic E-state index is 15.4. The second-order valence-electron chi connectivity index (χ2n) is 14.7. The van der Waals surface area contributed by atoms with Crippen molar-refractivity contribution in [3.05, 3.63) is 93.0 Å². The van der Waals surface area contributed by atoms with Crippen LogP contribution in [-0.2, 0) is 35.5 Å². The van der Waals surface area contributed by atoms with Crippen LogP contribution in [-0.4, -0.2) is 46.9 Å². The van der Waals surface area contributed by atoms with Crippen LogP contribution in [0.1, 0.15) is 92.2 Å². The molecule has 2 aliphatic carbocycles. The van der Waals surface area contributed by atoms with Gasteiger partial charge in [0.15, 0.2) is 11.6 Å². The quantitative estimate of drug-likeness (QED) is 0.103. The fourth-order valence-electron chi connectivity index (χ4n) is 7.57. The molecule has 1 saturated carbocycles. The van der Waals surface area contributed by atoms with Crippen LogP contribution in [0.4, 0.5) is 32.2 Å². The van der Waals surface area contributed by atoms with Gasteiger partial charge < -0.3 is 10.4 Å². The number of Topliss-reactive ketones (excluding diaryl/α,β-unsaturated/α-hetero) is 1. The Morgan fingerprint density at radius 2 is 1.77 bits per heavy atom. The highest BCUT2D eigenvalue weighted by atomic mass is 35.5. The lowest BCUT2D eigenvalue weighted by molar-refractivity contribution is -0.120. The van der Waals surface area contributed by atoms with Gasteiger partial charge in [-0.25, -0.2) is 22.5 Å². The summed E-state index contributed by atoms with van der Waals surface area (Å²) in [5.74, 6) is -3.47. The van der Waals surface area contributed by atoms with E-state index >= 15 is 8.78 Å². The number of ketones is 1. The van der Waals surface area contributed by atoms with E-state index in [1.165, 1.54) is 18.5 Å². The van der Waals surface area contributed by atoms with Crippen molar-refractivity contribution in [2.45, 2.75) is 82.8 Å². The van der Waals surface area contributed by atoms with Crippen molar-refractivity contribution in [1.82, 2.24) is 24.5 Å². The van der Waals surface area contributed by atoms with Crippen molar-refractivity contribution >= 4 is 40.0 Å². The fraction of sp³-hybridized carbons (Fsp3) is 0.375. The minimum atomic E-state index is -3.46. The molecule has 9 nitrogen and oxygen atoms in total. The van der Waals surface area contributed by atoms with Crippen molar-refractivity contribution in [3.8, 4) is 23.0 Å². The number of fused-ring (bicyclic) bond motifs is 4. The maximum Gasteiger partial charge on any atom is 0.293 e. The van der Waals surface area contributed by atoms with E-state index in [-0.39, 0.29) is 58.5 Å². The number of benzene rings is 2. The number of hydrogen-bond donors (Lipinski definition) is 2. The van der Waals surface area contributed by atoms with Crippen LogP contribution in [0.5, 0.6) is 0 Å². The molecular weight excluding hydrogens is 762 g/mol. The first kappa shape index (κ1) is 39.1. The molecule has 16 heteroatoms. The largest absolute Gasteiger partial charge is 0.378 e. The molecule has 3 aromatic heterocycles. The molecule has 292 valence electrons. The average molecular weight is 797 g/mol. The Balaban J connectivity index is 1.38. The number of aryl methyl sites for hydroxylation is 1. The maximum atomic E-state index is 15.4. The Morgan fingerprint density at radius 1 is 1.07 bits per heavy atom. The van der Waals surface area contributed by atoms with Gasteiger partial charge in [-0.1, -0.05) is 30.5 Å². The van der Waals surface area contributed by atoms with E-state index in [1.54, 1.807) is 38.2 Å². The minimum absolute atomic E-state index is 0.0495. The second kappa shape index (κ2) is 14.4. The Morgan fingerprint density at radius 3 is 2.43 bits per heavy atom. The van der Waals surface area contributed by atoms with Crippen LogP contribution in [0, 0.1) is 29.4 Å². The normalized spacial score (nSPS) is 17.4. The topological polar surface area (TPSA) is 115 Å². The molecule has 56 heavy (non-hydrogen) atoms. The summed E-state index contributed by atoms with van der Waals surface area (Å²) < 4.78 is 90.2. The summed E-state index contributed by atoms with van der Waals surface area (Å²) in [6.45, 7) is 3.83. The number of halogens is 7. The van der Waals surface area contributed by atoms with Crippen LogP contribution >= 0.6 is 11.6 Å². The van der Waals surface area contributed by atoms with Crippen molar-refractivity contribution < 1.29 is 41.0 Å². The number of carbonyl (C=O) groups is 2. The van der Waals surface area contributed by atoms with Crippen molar-refractivity contribution in [2.75, 3.05) is 5.32 Å². The molecule has 0 aliphatic heterocycles. The van der Waals surface area contributed by atoms with Gasteiger partial charge in [-0.05, 0) is 74.4 Å². The van der Waals surface area contributed by atoms with Crippen molar-refractivity contribution in [3.63, 3.8) is 0 Å². The number of rotatable bonds is 11. The number of anilines is 1. The molecule has 0 unspecified atom stereocenters. The summed E-state index contributed by atoms with van der Waals surface area (Å²) in [7, 11) is 1.63. The number of alkyl halides is 4. The predicted molar refractivity (Wildman–Crippen MR) is 195 cm³/mol. The number of aromatic nitrogens is 5. The standard InChI is InChI=1S/C40H35ClF6N6O3/c1-5-30(55)49-38-32-29(41)9-8-26(35(32)52(4)51-38)25-7-6-23(10-11-39(2,3)56)48-33(25)20(12-19-13-21(42)16-22(43)14-19)15-24(54)18-53-36-31(34(50-53)37(44)45)27-17-28(27)40(36,46)47/h6-9,13-14,16,20,27-28,37,56H,5,12,15,17-18H2,1-4H3,(H,49,51,55)/t20-,27+,28-/m1/s1. The van der Waals surface area contributed by atoms with Gasteiger partial charge in [0, 0.05) is 54.5 Å². The van der Waals surface area contributed by atoms with Crippen molar-refractivity contribution in [1.29, 1.82) is 0 Å². The third kappa shape index (κ3) is 7.39. The van der Waals surface area contributed by atoms with E-state index in [0.29, 0.717) is 32.8 Å². The highest BCUT2D eigenvalue weighted by molar-refractivity contribution is 6.37. The molecule has 0 radical (unpaired) electrons. The molecule has 1 fully saturated rings. The van der Waals surface area contributed by atoms with E-state index in [2.05, 4.69) is 27.4 Å². The number of amides is 1. The van der Waals surface area contributed by atoms with Gasteiger partial charge in [-0.3, -0.25) is 19.0 Å². The fourth-order valence-corrected chi connectivity index (χ4v) is 7.81. The Labute approximate surface area is 322 Å². The zero-order valence-corrected chi connectivity index (χ0v) is 31.3. The molecule has 0 saturated heterocycles. The first-order chi connectivity index (χ1) is 26.4. The SMILES string of the molecule is CCC(=O)Nc1nn(C)c2c(-c3ccc(C#CC(C)(C)O)nc3[C@@H](CC(=O)Cn3nc(C(F)F)c4c3C(F)(F)[C@@H]3C[C@H]43)Cc3cc(F)cc(F)c3)ccc(Cl)c12. The van der Waals surface area contributed by atoms with Gasteiger partial charge in [0.2, 0.25) is 5.91 Å². The first-order valence-corrected chi connectivity index (χ1v) is 18.2. The third-order valence-corrected chi connectivity index (χ3v) is 10.3. The van der Waals surface area contributed by atoms with E-state index in [1.807, 2.05) is 0 Å². The number of aliphatic hydroxyl groups is 1. The van der Waals surface area contributed by atoms with Gasteiger partial charge in [0.25, 0.3) is 12.3 Å². The van der Waals surface area contributed by atoms with Crippen LogP contribution in [0.2, 0.25) is 5.02 Å². The number of pyridine rings is 1. The second-order valence-corrected chi connectivity index (χ2v) is 15.1. The summed E-state index contributed by atoms with van der Waals surface area (Å²) in [6, 6.07) is 9.35. The van der Waals surface area contributed by atoms with Gasteiger partial charge in [-0.2, -0.15) is 19.0 Å². The molecule has 0 spiro atoms. The Bertz CT molecular complexity index is 2460. The number of nitrogens with zero attached hydrogens (tertiary/aromatic N) is 5. The van der Waals surface area contributed by atoms with Gasteiger partial charge in [-0.15, -0.1) is 0 Å². The summed E-state index contributed by atoms with van der Waals surface area (Å²) in [5, 5.41) is 22.0. The Hall–Kier alpha value is -5.20. The smallest absolute Gasteiger partial charge is 0.293 e. The van der Waals surface area contributed by atoms with Gasteiger partial charge in [0.05, 0.1) is 21.6 Å². The lowest BCUT2D eigenvalue weighted by Crippen LogP contribution is -2.24. The molecule has 2 aliphatic rings. The van der Waals surface area contributed by atoms with Gasteiger partial charge in [0.1, 0.15) is 40.9 Å². The third-order valence-electron chi connectivity index (χ3n) is 9.99. The van der Waals surface area contributed by atoms with E-state index in [9.17, 15) is 32.3 Å². The highest BCUT2D eigenvalue weighted by Gasteiger charge is 2.67. The number of hydrogen-bond acceptors (Lipinski definition) is 6. The monoisotopic (exact) mass is 796 g/mol. The van der Waals surface area contributed by atoms with Crippen LogP contribution in [0.25, 0.3) is 22.0 Å². The summed E-state index contributed by atoms with van der Waals surface area (Å²) >= 11 is 6.66. The predicted octanol–water partition coefficient (Wildman–Crippen LogP) is 8.37. The summed E-state index contributed by atoms with van der Waals surface area (Å²) in [4.78, 5) is 31.2. The average Bonchev–Trinajstić information content (AvgIpc) is 3.65. The molecule has 5 aromatic rings. The van der Waals surface area contributed by atoms with Crippen LogP contribution < -0.4 is 5.32 Å². The zero-order chi connectivity index (χ0) is 40.4. The minimum Gasteiger partial charge on any atom is -0.378 e. The molecule has 3 atom stereocenters. The van der Waals surface area contributed by atoms with Gasteiger partial charge >= 0.3 is 0 Å². The van der Waals surface area contributed by atoms with Crippen LogP contribution in [0.3, 0.4) is 0 Å². The molecule has 1 amide bonds. The lowest BCUT2D eigenvalue weighted by Gasteiger charge is -2.22.